The minimum Gasteiger partial charge on any atom is -0.469 e. The first-order valence-electron chi connectivity index (χ1n) is 13.0. The summed E-state index contributed by atoms with van der Waals surface area (Å²) in [5.74, 6) is 0.588. The van der Waals surface area contributed by atoms with Crippen molar-refractivity contribution < 1.29 is 23.6 Å². The monoisotopic (exact) mass is 512 g/mol. The lowest BCUT2D eigenvalue weighted by molar-refractivity contribution is -0.145. The first-order chi connectivity index (χ1) is 18.4. The number of aryl methyl sites for hydroxylation is 1. The largest absolute Gasteiger partial charge is 0.469 e. The van der Waals surface area contributed by atoms with Crippen molar-refractivity contribution in [3.63, 3.8) is 0 Å². The van der Waals surface area contributed by atoms with Crippen LogP contribution in [-0.2, 0) is 14.3 Å². The molecule has 1 fully saturated rings. The fourth-order valence-electron chi connectivity index (χ4n) is 5.43. The Kier molecular flexibility index (Phi) is 7.45. The molecule has 2 aromatic carbocycles. The number of hydrogen-bond donors (Lipinski definition) is 1. The van der Waals surface area contributed by atoms with Crippen molar-refractivity contribution in [2.45, 2.75) is 45.6 Å². The van der Waals surface area contributed by atoms with E-state index in [1.807, 2.05) is 49.4 Å². The number of anilines is 1. The zero-order valence-corrected chi connectivity index (χ0v) is 21.9. The third-order valence-electron chi connectivity index (χ3n) is 7.51. The van der Waals surface area contributed by atoms with Gasteiger partial charge in [0.2, 0.25) is 0 Å². The van der Waals surface area contributed by atoms with Crippen molar-refractivity contribution in [1.29, 1.82) is 0 Å². The fourth-order valence-corrected chi connectivity index (χ4v) is 5.43. The fraction of sp³-hybridized carbons (Fsp3) is 0.323. The van der Waals surface area contributed by atoms with Crippen molar-refractivity contribution >= 4 is 23.3 Å². The van der Waals surface area contributed by atoms with Gasteiger partial charge in [0.1, 0.15) is 17.5 Å². The summed E-state index contributed by atoms with van der Waals surface area (Å²) >= 11 is 0. The molecule has 0 saturated heterocycles. The van der Waals surface area contributed by atoms with Gasteiger partial charge in [-0.15, -0.1) is 0 Å². The Balaban J connectivity index is 1.30. The van der Waals surface area contributed by atoms with Crippen LogP contribution in [0.1, 0.15) is 55.5 Å². The van der Waals surface area contributed by atoms with E-state index >= 15 is 0 Å². The number of nitrogens with one attached hydrogen (secondary N) is 1. The van der Waals surface area contributed by atoms with Crippen LogP contribution in [0.5, 0.6) is 0 Å². The van der Waals surface area contributed by atoms with Crippen molar-refractivity contribution in [3.8, 4) is 11.3 Å². The molecule has 7 heteroatoms. The molecule has 3 aromatic rings. The molecule has 0 radical (unpaired) electrons. The Morgan fingerprint density at radius 3 is 2.50 bits per heavy atom. The number of benzene rings is 2. The highest BCUT2D eigenvalue weighted by molar-refractivity contribution is 5.91. The smallest absolute Gasteiger partial charge is 0.412 e. The normalized spacial score (nSPS) is 19.4. The van der Waals surface area contributed by atoms with Gasteiger partial charge in [-0.2, -0.15) is 0 Å². The van der Waals surface area contributed by atoms with Crippen LogP contribution >= 0.6 is 0 Å². The molecular formula is C31H32N2O5. The molecule has 3 atom stereocenters. The molecule has 1 saturated carbocycles. The minimum atomic E-state index is -0.571. The van der Waals surface area contributed by atoms with Crippen molar-refractivity contribution in [2.24, 2.45) is 11.8 Å². The summed E-state index contributed by atoms with van der Waals surface area (Å²) in [5.41, 5.74) is 6.32. The van der Waals surface area contributed by atoms with Crippen LogP contribution in [0.3, 0.4) is 0 Å². The number of hydrogen-bond acceptors (Lipinski definition) is 6. The van der Waals surface area contributed by atoms with E-state index in [1.54, 1.807) is 6.92 Å². The molecule has 2 aliphatic carbocycles. The zero-order valence-electron chi connectivity index (χ0n) is 21.9. The number of rotatable bonds is 6. The van der Waals surface area contributed by atoms with Crippen LogP contribution in [0.2, 0.25) is 0 Å². The van der Waals surface area contributed by atoms with Gasteiger partial charge in [-0.3, -0.25) is 10.1 Å². The number of ether oxygens (including phenoxy) is 2. The number of carbonyl (C=O) groups excluding carboxylic acids is 2. The predicted molar refractivity (Wildman–Crippen MR) is 145 cm³/mol. The molecule has 196 valence electrons. The average molecular weight is 513 g/mol. The maximum absolute atomic E-state index is 12.6. The minimum absolute atomic E-state index is 0.123. The molecule has 7 nitrogen and oxygen atoms in total. The number of nitrogens with zero attached hydrogens (tertiary/aromatic N) is 1. The molecule has 2 aliphatic rings. The van der Waals surface area contributed by atoms with Gasteiger partial charge in [-0.1, -0.05) is 83.9 Å². The van der Waals surface area contributed by atoms with Crippen molar-refractivity contribution in [1.82, 2.24) is 5.16 Å². The lowest BCUT2D eigenvalue weighted by atomic mass is 9.71. The Bertz CT molecular complexity index is 1370. The van der Waals surface area contributed by atoms with Gasteiger partial charge in [0.15, 0.2) is 5.76 Å². The van der Waals surface area contributed by atoms with Crippen LogP contribution in [-0.4, -0.2) is 24.3 Å². The highest BCUT2D eigenvalue weighted by Gasteiger charge is 2.34. The second-order valence-electron chi connectivity index (χ2n) is 9.90. The first kappa shape index (κ1) is 25.5. The number of carbonyl (C=O) groups is 2. The lowest BCUT2D eigenvalue weighted by Crippen LogP contribution is -2.28. The molecule has 3 unspecified atom stereocenters. The maximum Gasteiger partial charge on any atom is 0.412 e. The molecule has 1 heterocycles. The number of esters is 1. The van der Waals surface area contributed by atoms with E-state index in [1.165, 1.54) is 18.3 Å². The van der Waals surface area contributed by atoms with E-state index in [9.17, 15) is 9.59 Å². The van der Waals surface area contributed by atoms with E-state index < -0.39 is 12.2 Å². The quantitative estimate of drug-likeness (QED) is 0.350. The van der Waals surface area contributed by atoms with Crippen LogP contribution in [0.15, 0.2) is 76.8 Å². The summed E-state index contributed by atoms with van der Waals surface area (Å²) in [6.45, 7) is 3.61. The summed E-state index contributed by atoms with van der Waals surface area (Å²) in [5, 5.41) is 6.88. The van der Waals surface area contributed by atoms with Gasteiger partial charge >= 0.3 is 12.1 Å². The molecule has 1 N–H and O–H groups in total. The number of methoxy groups -OCH3 is 1. The van der Waals surface area contributed by atoms with Crippen molar-refractivity contribution in [3.05, 3.63) is 89.1 Å². The van der Waals surface area contributed by atoms with Crippen LogP contribution in [0.4, 0.5) is 10.5 Å². The van der Waals surface area contributed by atoms with Gasteiger partial charge in [-0.05, 0) is 55.7 Å². The number of aromatic nitrogens is 1. The number of fused-ring (bicyclic) bond motifs is 1. The van der Waals surface area contributed by atoms with Gasteiger partial charge < -0.3 is 14.0 Å². The van der Waals surface area contributed by atoms with Gasteiger partial charge in [0, 0.05) is 5.56 Å². The predicted octanol–water partition coefficient (Wildman–Crippen LogP) is 7.26. The number of allylic oxidation sites excluding steroid dienone is 3. The van der Waals surface area contributed by atoms with Gasteiger partial charge in [0.05, 0.1) is 13.0 Å². The molecule has 0 bridgehead atoms. The summed E-state index contributed by atoms with van der Waals surface area (Å²) < 4.78 is 16.2. The average Bonchev–Trinajstić information content (AvgIpc) is 3.31. The summed E-state index contributed by atoms with van der Waals surface area (Å²) in [6.07, 6.45) is 7.14. The third-order valence-corrected chi connectivity index (χ3v) is 7.51. The topological polar surface area (TPSA) is 90.7 Å². The highest BCUT2D eigenvalue weighted by Crippen LogP contribution is 2.43. The Hall–Kier alpha value is -4.13. The van der Waals surface area contributed by atoms with E-state index in [4.69, 9.17) is 14.0 Å². The molecule has 38 heavy (non-hydrogen) atoms. The molecule has 5 rings (SSSR count). The zero-order chi connectivity index (χ0) is 26.6. The summed E-state index contributed by atoms with van der Waals surface area (Å²) in [6, 6.07) is 17.6. The van der Waals surface area contributed by atoms with Gasteiger partial charge in [0.25, 0.3) is 0 Å². The van der Waals surface area contributed by atoms with Crippen LogP contribution in [0, 0.1) is 18.8 Å². The molecule has 1 amide bonds. The van der Waals surface area contributed by atoms with Crippen LogP contribution < -0.4 is 5.32 Å². The van der Waals surface area contributed by atoms with Gasteiger partial charge in [-0.25, -0.2) is 4.79 Å². The summed E-state index contributed by atoms with van der Waals surface area (Å²) in [4.78, 5) is 24.9. The maximum atomic E-state index is 12.6. The molecule has 0 aliphatic heterocycles. The SMILES string of the molecule is COC(=O)C1CCCC2CC(c3ccc(-c4onc(C)c4NC(=O)OC(C)c4ccccc4)cc3)=CC=C21. The molecule has 1 aromatic heterocycles. The van der Waals surface area contributed by atoms with E-state index in [2.05, 4.69) is 34.8 Å². The molecular weight excluding hydrogens is 480 g/mol. The Morgan fingerprint density at radius 1 is 1.03 bits per heavy atom. The standard InChI is InChI=1S/C31H32N2O5/c1-19-28(32-31(35)37-20(2)21-8-5-4-6-9-21)29(38-33-19)23-14-12-22(13-15-23)24-16-17-26-25(18-24)10-7-11-27(26)30(34)36-3/h4-6,8-9,12-17,20,25,27H,7,10-11,18H2,1-3H3,(H,32,35). The molecule has 0 spiro atoms. The second-order valence-corrected chi connectivity index (χ2v) is 9.90. The number of amides is 1. The van der Waals surface area contributed by atoms with Crippen LogP contribution in [0.25, 0.3) is 16.9 Å². The summed E-state index contributed by atoms with van der Waals surface area (Å²) in [7, 11) is 1.46. The first-order valence-corrected chi connectivity index (χ1v) is 13.0. The van der Waals surface area contributed by atoms with Crippen molar-refractivity contribution in [2.75, 3.05) is 12.4 Å². The lowest BCUT2D eigenvalue weighted by Gasteiger charge is -2.34. The highest BCUT2D eigenvalue weighted by atomic mass is 16.6. The Labute approximate surface area is 222 Å². The van der Waals surface area contributed by atoms with E-state index in [0.29, 0.717) is 23.1 Å². The van der Waals surface area contributed by atoms with E-state index in [0.717, 1.165) is 42.4 Å². The van der Waals surface area contributed by atoms with E-state index in [-0.39, 0.29) is 11.9 Å². The Morgan fingerprint density at radius 2 is 1.76 bits per heavy atom. The third kappa shape index (κ3) is 5.28. The second kappa shape index (κ2) is 11.1.